The van der Waals surface area contributed by atoms with E-state index in [9.17, 15) is 9.47 Å². The van der Waals surface area contributed by atoms with Crippen molar-refractivity contribution in [3.8, 4) is 6.07 Å². The molecule has 19 heavy (non-hydrogen) atoms. The van der Waals surface area contributed by atoms with E-state index in [0.29, 0.717) is 10.5 Å². The topological polar surface area (TPSA) is 40.9 Å². The predicted octanol–water partition coefficient (Wildman–Crippen LogP) is 3.89. The standard InChI is InChI=1S/C16H23NOS/c1-15(2,3)12-8-11(10-17)14(19(7)18)13(9-12)16(4,5)6/h8-9H,1-7H3. The minimum Gasteiger partial charge on any atom is -0.255 e. The fourth-order valence-corrected chi connectivity index (χ4v) is 3.10. The smallest absolute Gasteiger partial charge is 0.100 e. The number of nitriles is 1. The van der Waals surface area contributed by atoms with Gasteiger partial charge in [-0.2, -0.15) is 5.26 Å². The quantitative estimate of drug-likeness (QED) is 0.781. The Labute approximate surface area is 119 Å². The van der Waals surface area contributed by atoms with Gasteiger partial charge in [-0.3, -0.25) is 4.21 Å². The average Bonchev–Trinajstić information content (AvgIpc) is 2.24. The summed E-state index contributed by atoms with van der Waals surface area (Å²) in [5.74, 6) is 0. The van der Waals surface area contributed by atoms with Gasteiger partial charge < -0.3 is 0 Å². The van der Waals surface area contributed by atoms with Gasteiger partial charge in [0.05, 0.1) is 21.3 Å². The average molecular weight is 277 g/mol. The van der Waals surface area contributed by atoms with E-state index in [1.807, 2.05) is 6.07 Å². The van der Waals surface area contributed by atoms with Gasteiger partial charge >= 0.3 is 0 Å². The molecule has 0 aliphatic carbocycles. The third kappa shape index (κ3) is 3.45. The van der Waals surface area contributed by atoms with E-state index < -0.39 is 10.8 Å². The largest absolute Gasteiger partial charge is 0.255 e. The van der Waals surface area contributed by atoms with Gasteiger partial charge in [-0.15, -0.1) is 0 Å². The van der Waals surface area contributed by atoms with E-state index >= 15 is 0 Å². The van der Waals surface area contributed by atoms with Crippen molar-refractivity contribution < 1.29 is 4.21 Å². The molecule has 2 nitrogen and oxygen atoms in total. The molecule has 0 aromatic heterocycles. The molecule has 0 fully saturated rings. The Balaban J connectivity index is 3.77. The zero-order valence-electron chi connectivity index (χ0n) is 12.9. The van der Waals surface area contributed by atoms with Crippen LogP contribution in [0.5, 0.6) is 0 Å². The maximum absolute atomic E-state index is 12.0. The van der Waals surface area contributed by atoms with Crippen molar-refractivity contribution >= 4 is 10.8 Å². The van der Waals surface area contributed by atoms with Gasteiger partial charge in [0, 0.05) is 6.26 Å². The summed E-state index contributed by atoms with van der Waals surface area (Å²) in [4.78, 5) is 0.683. The lowest BCUT2D eigenvalue weighted by atomic mass is 9.79. The van der Waals surface area contributed by atoms with Crippen LogP contribution in [0.4, 0.5) is 0 Å². The highest BCUT2D eigenvalue weighted by Gasteiger charge is 2.26. The fourth-order valence-electron chi connectivity index (χ4n) is 2.01. The molecule has 0 saturated carbocycles. The van der Waals surface area contributed by atoms with Crippen LogP contribution in [0.15, 0.2) is 17.0 Å². The highest BCUT2D eigenvalue weighted by molar-refractivity contribution is 7.84. The Morgan fingerprint density at radius 1 is 1.05 bits per heavy atom. The van der Waals surface area contributed by atoms with Crippen molar-refractivity contribution in [3.05, 3.63) is 28.8 Å². The Morgan fingerprint density at radius 2 is 1.58 bits per heavy atom. The number of hydrogen-bond acceptors (Lipinski definition) is 2. The van der Waals surface area contributed by atoms with E-state index in [1.54, 1.807) is 6.26 Å². The molecule has 1 rings (SSSR count). The SMILES string of the molecule is CS(=O)c1c(C#N)cc(C(C)(C)C)cc1C(C)(C)C. The van der Waals surface area contributed by atoms with E-state index in [-0.39, 0.29) is 10.8 Å². The molecule has 0 aliphatic rings. The molecule has 0 saturated heterocycles. The van der Waals surface area contributed by atoms with Crippen LogP contribution in [0.25, 0.3) is 0 Å². The van der Waals surface area contributed by atoms with Crippen LogP contribution < -0.4 is 0 Å². The van der Waals surface area contributed by atoms with Gasteiger partial charge in [0.2, 0.25) is 0 Å². The van der Waals surface area contributed by atoms with Gasteiger partial charge in [0.15, 0.2) is 0 Å². The van der Waals surface area contributed by atoms with Crippen molar-refractivity contribution in [1.29, 1.82) is 5.26 Å². The monoisotopic (exact) mass is 277 g/mol. The first-order valence-corrected chi connectivity index (χ1v) is 7.97. The number of nitrogens with zero attached hydrogens (tertiary/aromatic N) is 1. The highest BCUT2D eigenvalue weighted by atomic mass is 32.2. The number of hydrogen-bond donors (Lipinski definition) is 0. The summed E-state index contributed by atoms with van der Waals surface area (Å²) in [6, 6.07) is 6.20. The Kier molecular flexibility index (Phi) is 4.27. The van der Waals surface area contributed by atoms with Crippen LogP contribution in [-0.4, -0.2) is 10.5 Å². The molecule has 0 bridgehead atoms. The first kappa shape index (κ1) is 15.9. The molecule has 0 heterocycles. The molecule has 0 aliphatic heterocycles. The van der Waals surface area contributed by atoms with Crippen molar-refractivity contribution in [3.63, 3.8) is 0 Å². The van der Waals surface area contributed by atoms with Crippen LogP contribution in [-0.2, 0) is 21.6 Å². The third-order valence-electron chi connectivity index (χ3n) is 3.17. The number of benzene rings is 1. The van der Waals surface area contributed by atoms with Gasteiger partial charge in [-0.05, 0) is 28.0 Å². The molecule has 1 aromatic rings. The molecule has 1 unspecified atom stereocenters. The van der Waals surface area contributed by atoms with Crippen LogP contribution in [0.2, 0.25) is 0 Å². The zero-order valence-corrected chi connectivity index (χ0v) is 13.7. The van der Waals surface area contributed by atoms with Crippen LogP contribution in [0, 0.1) is 11.3 Å². The molecule has 0 amide bonds. The summed E-state index contributed by atoms with van der Waals surface area (Å²) >= 11 is 0. The van der Waals surface area contributed by atoms with Crippen molar-refractivity contribution in [2.24, 2.45) is 0 Å². The molecular formula is C16H23NOS. The molecule has 0 radical (unpaired) electrons. The molecule has 1 atom stereocenters. The summed E-state index contributed by atoms with van der Waals surface area (Å²) in [5, 5.41) is 9.36. The maximum Gasteiger partial charge on any atom is 0.100 e. The van der Waals surface area contributed by atoms with Gasteiger partial charge in [-0.25, -0.2) is 0 Å². The Bertz CT molecular complexity index is 554. The minimum absolute atomic E-state index is 0.0284. The molecular weight excluding hydrogens is 254 g/mol. The van der Waals surface area contributed by atoms with Gasteiger partial charge in [0.1, 0.15) is 6.07 Å². The normalized spacial score (nSPS) is 14.0. The van der Waals surface area contributed by atoms with E-state index in [2.05, 4.69) is 53.7 Å². The summed E-state index contributed by atoms with van der Waals surface area (Å²) in [7, 11) is -1.16. The van der Waals surface area contributed by atoms with Crippen molar-refractivity contribution in [2.75, 3.05) is 6.26 Å². The Hall–Kier alpha value is -1.14. The van der Waals surface area contributed by atoms with E-state index in [0.717, 1.165) is 11.1 Å². The van der Waals surface area contributed by atoms with Crippen molar-refractivity contribution in [1.82, 2.24) is 0 Å². The first-order chi connectivity index (χ1) is 8.48. The molecule has 104 valence electrons. The van der Waals surface area contributed by atoms with Crippen LogP contribution >= 0.6 is 0 Å². The van der Waals surface area contributed by atoms with Gasteiger partial charge in [-0.1, -0.05) is 47.6 Å². The lowest BCUT2D eigenvalue weighted by molar-refractivity contribution is 0.557. The van der Waals surface area contributed by atoms with Crippen LogP contribution in [0.3, 0.4) is 0 Å². The fraction of sp³-hybridized carbons (Fsp3) is 0.562. The minimum atomic E-state index is -1.16. The highest BCUT2D eigenvalue weighted by Crippen LogP contribution is 2.34. The molecule has 0 spiro atoms. The predicted molar refractivity (Wildman–Crippen MR) is 80.9 cm³/mol. The van der Waals surface area contributed by atoms with Crippen molar-refractivity contribution in [2.45, 2.75) is 57.3 Å². The summed E-state index contributed by atoms with van der Waals surface area (Å²) in [6.45, 7) is 12.6. The van der Waals surface area contributed by atoms with Gasteiger partial charge in [0.25, 0.3) is 0 Å². The summed E-state index contributed by atoms with van der Waals surface area (Å²) in [6.07, 6.45) is 1.64. The van der Waals surface area contributed by atoms with Crippen LogP contribution in [0.1, 0.15) is 58.2 Å². The van der Waals surface area contributed by atoms with E-state index in [1.165, 1.54) is 0 Å². The second-order valence-electron chi connectivity index (χ2n) is 6.97. The number of rotatable bonds is 1. The summed E-state index contributed by atoms with van der Waals surface area (Å²) < 4.78 is 12.0. The lowest BCUT2D eigenvalue weighted by Crippen LogP contribution is -2.20. The molecule has 1 aromatic carbocycles. The molecule has 3 heteroatoms. The Morgan fingerprint density at radius 3 is 1.89 bits per heavy atom. The maximum atomic E-state index is 12.0. The first-order valence-electron chi connectivity index (χ1n) is 6.41. The second-order valence-corrected chi connectivity index (χ2v) is 8.28. The van der Waals surface area contributed by atoms with E-state index in [4.69, 9.17) is 0 Å². The lowest BCUT2D eigenvalue weighted by Gasteiger charge is -2.27. The third-order valence-corrected chi connectivity index (χ3v) is 4.19. The second kappa shape index (κ2) is 5.09. The zero-order chi connectivity index (χ0) is 15.0. The summed E-state index contributed by atoms with van der Waals surface area (Å²) in [5.41, 5.74) is 2.51. The molecule has 0 N–H and O–H groups in total.